The van der Waals surface area contributed by atoms with Gasteiger partial charge in [-0.3, -0.25) is 14.4 Å². The van der Waals surface area contributed by atoms with Crippen LogP contribution >= 0.6 is 0 Å². The van der Waals surface area contributed by atoms with Crippen LogP contribution in [0.5, 0.6) is 0 Å². The summed E-state index contributed by atoms with van der Waals surface area (Å²) in [7, 11) is 2.18. The van der Waals surface area contributed by atoms with Crippen LogP contribution in [0, 0.1) is 12.8 Å². The molecule has 2 unspecified atom stereocenters. The molecule has 3 rings (SSSR count). The molecule has 2 atom stereocenters. The molecule has 0 N–H and O–H groups in total. The van der Waals surface area contributed by atoms with Crippen LogP contribution in [0.15, 0.2) is 42.7 Å². The fraction of sp³-hybridized carbons (Fsp3) is 0.500. The molecule has 0 bridgehead atoms. The average Bonchev–Trinajstić information content (AvgIpc) is 3.24. The van der Waals surface area contributed by atoms with E-state index in [4.69, 9.17) is 0 Å². The number of hydrogen-bond donors (Lipinski definition) is 0. The number of rotatable bonds is 6. The molecule has 0 radical (unpaired) electrons. The van der Waals surface area contributed by atoms with Crippen LogP contribution in [-0.4, -0.2) is 52.2 Å². The lowest BCUT2D eigenvalue weighted by atomic mass is 10.0. The second-order valence-corrected chi connectivity index (χ2v) is 7.24. The molecular formula is C20H28N4O. The monoisotopic (exact) mass is 340 g/mol. The third-order valence-corrected chi connectivity index (χ3v) is 5.19. The first kappa shape index (κ1) is 17.7. The Morgan fingerprint density at radius 2 is 2.12 bits per heavy atom. The number of likely N-dealkylation sites (tertiary alicyclic amines) is 1. The van der Waals surface area contributed by atoms with Crippen molar-refractivity contribution < 1.29 is 4.79 Å². The van der Waals surface area contributed by atoms with Gasteiger partial charge in [-0.15, -0.1) is 0 Å². The van der Waals surface area contributed by atoms with Crippen molar-refractivity contribution in [2.45, 2.75) is 32.9 Å². The van der Waals surface area contributed by atoms with Crippen LogP contribution in [0.1, 0.15) is 30.5 Å². The number of amides is 1. The van der Waals surface area contributed by atoms with Gasteiger partial charge in [0.05, 0.1) is 6.20 Å². The standard InChI is InChI=1S/C20H28N4O/c1-16-11-21-24(12-16)15-20(25)23-10-9-18(14-23)13-22(3)17(2)19-7-5-4-6-8-19/h4-8,11-12,17-18H,9-10,13-15H2,1-3H3. The Morgan fingerprint density at radius 1 is 1.36 bits per heavy atom. The first-order valence-corrected chi connectivity index (χ1v) is 9.05. The van der Waals surface area contributed by atoms with Gasteiger partial charge >= 0.3 is 0 Å². The molecule has 1 saturated heterocycles. The summed E-state index contributed by atoms with van der Waals surface area (Å²) in [6.07, 6.45) is 4.79. The molecule has 2 heterocycles. The van der Waals surface area contributed by atoms with Crippen molar-refractivity contribution in [3.63, 3.8) is 0 Å². The molecule has 0 saturated carbocycles. The molecule has 0 aliphatic carbocycles. The third kappa shape index (κ3) is 4.48. The summed E-state index contributed by atoms with van der Waals surface area (Å²) >= 11 is 0. The van der Waals surface area contributed by atoms with E-state index in [0.29, 0.717) is 18.5 Å². The maximum Gasteiger partial charge on any atom is 0.244 e. The number of carbonyl (C=O) groups excluding carboxylic acids is 1. The van der Waals surface area contributed by atoms with E-state index < -0.39 is 0 Å². The molecule has 1 aliphatic heterocycles. The number of carbonyl (C=O) groups is 1. The lowest BCUT2D eigenvalue weighted by Gasteiger charge is -2.28. The minimum atomic E-state index is 0.171. The van der Waals surface area contributed by atoms with Crippen LogP contribution in [0.3, 0.4) is 0 Å². The van der Waals surface area contributed by atoms with Crippen molar-refractivity contribution in [2.24, 2.45) is 5.92 Å². The maximum atomic E-state index is 12.5. The van der Waals surface area contributed by atoms with Crippen LogP contribution in [0.2, 0.25) is 0 Å². The van der Waals surface area contributed by atoms with Crippen molar-refractivity contribution in [3.05, 3.63) is 53.9 Å². The minimum Gasteiger partial charge on any atom is -0.341 e. The van der Waals surface area contributed by atoms with Crippen molar-refractivity contribution >= 4 is 5.91 Å². The Morgan fingerprint density at radius 3 is 2.80 bits per heavy atom. The normalized spacial score (nSPS) is 18.7. The van der Waals surface area contributed by atoms with Crippen LogP contribution in [0.25, 0.3) is 0 Å². The quantitative estimate of drug-likeness (QED) is 0.812. The van der Waals surface area contributed by atoms with Gasteiger partial charge in [-0.25, -0.2) is 0 Å². The number of aryl methyl sites for hydroxylation is 1. The zero-order chi connectivity index (χ0) is 17.8. The van der Waals surface area contributed by atoms with Crippen molar-refractivity contribution in [2.75, 3.05) is 26.7 Å². The maximum absolute atomic E-state index is 12.5. The van der Waals surface area contributed by atoms with E-state index in [1.54, 1.807) is 10.9 Å². The van der Waals surface area contributed by atoms with E-state index in [-0.39, 0.29) is 5.91 Å². The van der Waals surface area contributed by atoms with Crippen molar-refractivity contribution in [3.8, 4) is 0 Å². The number of nitrogens with zero attached hydrogens (tertiary/aromatic N) is 4. The number of benzene rings is 1. The highest BCUT2D eigenvalue weighted by molar-refractivity contribution is 5.76. The Kier molecular flexibility index (Phi) is 5.53. The summed E-state index contributed by atoms with van der Waals surface area (Å²) in [6.45, 7) is 7.30. The SMILES string of the molecule is Cc1cnn(CC(=O)N2CCC(CN(C)C(C)c3ccccc3)C2)c1. The second kappa shape index (κ2) is 7.83. The zero-order valence-electron chi connectivity index (χ0n) is 15.4. The van der Waals surface area contributed by atoms with Gasteiger partial charge < -0.3 is 4.90 Å². The van der Waals surface area contributed by atoms with Gasteiger partial charge in [0.15, 0.2) is 0 Å². The molecule has 134 valence electrons. The first-order valence-electron chi connectivity index (χ1n) is 9.05. The van der Waals surface area contributed by atoms with Gasteiger partial charge in [0.1, 0.15) is 6.54 Å². The molecule has 1 aromatic heterocycles. The van der Waals surface area contributed by atoms with E-state index in [9.17, 15) is 4.79 Å². The summed E-state index contributed by atoms with van der Waals surface area (Å²) in [5.41, 5.74) is 2.42. The lowest BCUT2D eigenvalue weighted by Crippen LogP contribution is -2.34. The van der Waals surface area contributed by atoms with Crippen LogP contribution < -0.4 is 0 Å². The molecule has 1 aromatic carbocycles. The van der Waals surface area contributed by atoms with E-state index in [1.807, 2.05) is 18.0 Å². The fourth-order valence-corrected chi connectivity index (χ4v) is 3.55. The smallest absolute Gasteiger partial charge is 0.244 e. The fourth-order valence-electron chi connectivity index (χ4n) is 3.55. The van der Waals surface area contributed by atoms with Gasteiger partial charge in [0.25, 0.3) is 0 Å². The summed E-state index contributed by atoms with van der Waals surface area (Å²) in [4.78, 5) is 16.8. The van der Waals surface area contributed by atoms with Crippen LogP contribution in [0.4, 0.5) is 0 Å². The molecule has 1 amide bonds. The topological polar surface area (TPSA) is 41.4 Å². The Balaban J connectivity index is 1.50. The van der Waals surface area contributed by atoms with Crippen molar-refractivity contribution in [1.29, 1.82) is 0 Å². The molecular weight excluding hydrogens is 312 g/mol. The summed E-state index contributed by atoms with van der Waals surface area (Å²) < 4.78 is 1.73. The zero-order valence-corrected chi connectivity index (χ0v) is 15.4. The van der Waals surface area contributed by atoms with E-state index in [0.717, 1.165) is 31.6 Å². The van der Waals surface area contributed by atoms with Gasteiger partial charge in [-0.1, -0.05) is 30.3 Å². The van der Waals surface area contributed by atoms with Crippen molar-refractivity contribution in [1.82, 2.24) is 19.6 Å². The second-order valence-electron chi connectivity index (χ2n) is 7.24. The van der Waals surface area contributed by atoms with Gasteiger partial charge in [-0.05, 0) is 44.4 Å². The molecule has 1 aliphatic rings. The molecule has 5 heteroatoms. The highest BCUT2D eigenvalue weighted by Gasteiger charge is 2.28. The predicted octanol–water partition coefficient (Wildman–Crippen LogP) is 2.73. The molecule has 1 fully saturated rings. The molecule has 25 heavy (non-hydrogen) atoms. The van der Waals surface area contributed by atoms with Gasteiger partial charge in [0, 0.05) is 31.9 Å². The molecule has 5 nitrogen and oxygen atoms in total. The lowest BCUT2D eigenvalue weighted by molar-refractivity contribution is -0.131. The Labute approximate surface area is 150 Å². The van der Waals surface area contributed by atoms with Crippen LogP contribution in [-0.2, 0) is 11.3 Å². The third-order valence-electron chi connectivity index (χ3n) is 5.19. The summed E-state index contributed by atoms with van der Waals surface area (Å²) in [5.74, 6) is 0.712. The van der Waals surface area contributed by atoms with E-state index in [1.165, 1.54) is 5.56 Å². The minimum absolute atomic E-state index is 0.171. The Hall–Kier alpha value is -2.14. The van der Waals surface area contributed by atoms with Gasteiger partial charge in [-0.2, -0.15) is 5.10 Å². The number of hydrogen-bond acceptors (Lipinski definition) is 3. The van der Waals surface area contributed by atoms with E-state index in [2.05, 4.69) is 54.3 Å². The largest absolute Gasteiger partial charge is 0.341 e. The Bertz CT molecular complexity index is 697. The molecule has 2 aromatic rings. The highest BCUT2D eigenvalue weighted by Crippen LogP contribution is 2.23. The van der Waals surface area contributed by atoms with Gasteiger partial charge in [0.2, 0.25) is 5.91 Å². The van der Waals surface area contributed by atoms with E-state index >= 15 is 0 Å². The predicted molar refractivity (Wildman–Crippen MR) is 99.1 cm³/mol. The first-order chi connectivity index (χ1) is 12.0. The number of aromatic nitrogens is 2. The summed E-state index contributed by atoms with van der Waals surface area (Å²) in [5, 5.41) is 4.21. The average molecular weight is 340 g/mol. The summed E-state index contributed by atoms with van der Waals surface area (Å²) in [6, 6.07) is 11.0. The molecule has 0 spiro atoms. The highest BCUT2D eigenvalue weighted by atomic mass is 16.2.